The fraction of sp³-hybridized carbons (Fsp3) is 0.167. The van der Waals surface area contributed by atoms with E-state index in [2.05, 4.69) is 5.32 Å². The standard InChI is InChI=1S/C18H16ClNO4S/c1-12(17-10-13-4-2-3-5-16(13)24-17)20-18(21)11-25(22,23)15-8-6-14(19)7-9-15/h2-10,12H,11H2,1H3,(H,20,21)/t12-/m0/s1. The highest BCUT2D eigenvalue weighted by atomic mass is 35.5. The number of carbonyl (C=O) groups excluding carboxylic acids is 1. The van der Waals surface area contributed by atoms with Crippen molar-refractivity contribution in [3.63, 3.8) is 0 Å². The van der Waals surface area contributed by atoms with Crippen LogP contribution in [0.4, 0.5) is 0 Å². The van der Waals surface area contributed by atoms with Gasteiger partial charge in [0.25, 0.3) is 0 Å². The molecule has 0 radical (unpaired) electrons. The van der Waals surface area contributed by atoms with Gasteiger partial charge in [0.15, 0.2) is 9.84 Å². The monoisotopic (exact) mass is 377 g/mol. The van der Waals surface area contributed by atoms with E-state index in [1.165, 1.54) is 24.3 Å². The molecule has 0 bridgehead atoms. The third kappa shape index (κ3) is 4.03. The molecule has 0 spiro atoms. The maximum atomic E-state index is 12.3. The van der Waals surface area contributed by atoms with Gasteiger partial charge in [0.2, 0.25) is 5.91 Å². The highest BCUT2D eigenvalue weighted by Gasteiger charge is 2.21. The summed E-state index contributed by atoms with van der Waals surface area (Å²) in [4.78, 5) is 12.2. The van der Waals surface area contributed by atoms with E-state index in [4.69, 9.17) is 16.0 Å². The Morgan fingerprint density at radius 2 is 1.84 bits per heavy atom. The molecule has 0 unspecified atom stereocenters. The lowest BCUT2D eigenvalue weighted by Crippen LogP contribution is -2.32. The lowest BCUT2D eigenvalue weighted by atomic mass is 10.2. The molecule has 1 aromatic heterocycles. The summed E-state index contributed by atoms with van der Waals surface area (Å²) >= 11 is 5.75. The molecule has 0 aliphatic rings. The van der Waals surface area contributed by atoms with Gasteiger partial charge in [-0.3, -0.25) is 4.79 Å². The molecule has 1 heterocycles. The number of furan rings is 1. The zero-order chi connectivity index (χ0) is 18.0. The number of carbonyl (C=O) groups is 1. The summed E-state index contributed by atoms with van der Waals surface area (Å²) in [6, 6.07) is 14.6. The normalized spacial score (nSPS) is 12.9. The summed E-state index contributed by atoms with van der Waals surface area (Å²) in [5.74, 6) is -0.666. The smallest absolute Gasteiger partial charge is 0.236 e. The number of nitrogens with one attached hydrogen (secondary N) is 1. The summed E-state index contributed by atoms with van der Waals surface area (Å²) in [5, 5.41) is 4.01. The Morgan fingerprint density at radius 1 is 1.16 bits per heavy atom. The highest BCUT2D eigenvalue weighted by molar-refractivity contribution is 7.92. The second-order valence-corrected chi connectivity index (χ2v) is 8.11. The van der Waals surface area contributed by atoms with Crippen molar-refractivity contribution in [1.29, 1.82) is 0 Å². The zero-order valence-electron chi connectivity index (χ0n) is 13.4. The van der Waals surface area contributed by atoms with E-state index in [0.717, 1.165) is 5.39 Å². The van der Waals surface area contributed by atoms with E-state index in [1.54, 1.807) is 6.92 Å². The lowest BCUT2D eigenvalue weighted by molar-refractivity contribution is -0.119. The highest BCUT2D eigenvalue weighted by Crippen LogP contribution is 2.23. The fourth-order valence-electron chi connectivity index (χ4n) is 2.47. The predicted molar refractivity (Wildman–Crippen MR) is 96.3 cm³/mol. The van der Waals surface area contributed by atoms with Crippen LogP contribution in [0.25, 0.3) is 11.0 Å². The van der Waals surface area contributed by atoms with Crippen LogP contribution in [-0.4, -0.2) is 20.1 Å². The van der Waals surface area contributed by atoms with Crippen molar-refractivity contribution in [2.24, 2.45) is 0 Å². The minimum Gasteiger partial charge on any atom is -0.459 e. The molecule has 3 aromatic rings. The molecular formula is C18H16ClNO4S. The number of para-hydroxylation sites is 1. The molecule has 0 aliphatic heterocycles. The Bertz CT molecular complexity index is 976. The van der Waals surface area contributed by atoms with Crippen molar-refractivity contribution in [1.82, 2.24) is 5.32 Å². The molecular weight excluding hydrogens is 362 g/mol. The van der Waals surface area contributed by atoms with Gasteiger partial charge in [-0.25, -0.2) is 8.42 Å². The molecule has 1 atom stereocenters. The zero-order valence-corrected chi connectivity index (χ0v) is 15.0. The largest absolute Gasteiger partial charge is 0.459 e. The minimum absolute atomic E-state index is 0.0587. The Morgan fingerprint density at radius 3 is 2.52 bits per heavy atom. The van der Waals surface area contributed by atoms with Crippen LogP contribution in [0.15, 0.2) is 63.9 Å². The summed E-state index contributed by atoms with van der Waals surface area (Å²) in [6.07, 6.45) is 0. The fourth-order valence-corrected chi connectivity index (χ4v) is 3.74. The van der Waals surface area contributed by atoms with Crippen LogP contribution in [0.5, 0.6) is 0 Å². The minimum atomic E-state index is -3.73. The Hall–Kier alpha value is -2.31. The van der Waals surface area contributed by atoms with Gasteiger partial charge in [0.1, 0.15) is 17.1 Å². The molecule has 0 saturated heterocycles. The van der Waals surface area contributed by atoms with E-state index >= 15 is 0 Å². The molecule has 0 saturated carbocycles. The quantitative estimate of drug-likeness (QED) is 0.734. The van der Waals surface area contributed by atoms with Crippen molar-refractivity contribution in [3.05, 3.63) is 65.4 Å². The summed E-state index contributed by atoms with van der Waals surface area (Å²) in [7, 11) is -3.73. The number of benzene rings is 2. The number of hydrogen-bond acceptors (Lipinski definition) is 4. The summed E-state index contributed by atoms with van der Waals surface area (Å²) in [6.45, 7) is 1.74. The van der Waals surface area contributed by atoms with Gasteiger partial charge in [-0.05, 0) is 43.3 Å². The first kappa shape index (κ1) is 17.5. The van der Waals surface area contributed by atoms with E-state index in [1.807, 2.05) is 30.3 Å². The van der Waals surface area contributed by atoms with Crippen molar-refractivity contribution < 1.29 is 17.6 Å². The van der Waals surface area contributed by atoms with Crippen LogP contribution in [0.3, 0.4) is 0 Å². The van der Waals surface area contributed by atoms with Crippen molar-refractivity contribution in [3.8, 4) is 0 Å². The van der Waals surface area contributed by atoms with Crippen LogP contribution in [0.1, 0.15) is 18.7 Å². The molecule has 25 heavy (non-hydrogen) atoms. The third-order valence-electron chi connectivity index (χ3n) is 3.74. The van der Waals surface area contributed by atoms with Crippen LogP contribution in [-0.2, 0) is 14.6 Å². The van der Waals surface area contributed by atoms with Crippen molar-refractivity contribution in [2.75, 3.05) is 5.75 Å². The number of amides is 1. The van der Waals surface area contributed by atoms with E-state index in [-0.39, 0.29) is 4.90 Å². The SMILES string of the molecule is C[C@H](NC(=O)CS(=O)(=O)c1ccc(Cl)cc1)c1cc2ccccc2o1. The Balaban J connectivity index is 1.70. The topological polar surface area (TPSA) is 76.4 Å². The molecule has 0 fully saturated rings. The number of sulfone groups is 1. The first-order chi connectivity index (χ1) is 11.8. The van der Waals surface area contributed by atoms with E-state index in [0.29, 0.717) is 16.4 Å². The third-order valence-corrected chi connectivity index (χ3v) is 5.63. The Kier molecular flexibility index (Phi) is 4.83. The molecule has 0 aliphatic carbocycles. The van der Waals surface area contributed by atoms with Gasteiger partial charge in [-0.15, -0.1) is 0 Å². The Labute approximate surface area is 150 Å². The van der Waals surface area contributed by atoms with Gasteiger partial charge >= 0.3 is 0 Å². The van der Waals surface area contributed by atoms with Gasteiger partial charge in [-0.1, -0.05) is 29.8 Å². The summed E-state index contributed by atoms with van der Waals surface area (Å²) < 4.78 is 30.3. The van der Waals surface area contributed by atoms with E-state index in [9.17, 15) is 13.2 Å². The van der Waals surface area contributed by atoms with Gasteiger partial charge in [0, 0.05) is 10.4 Å². The molecule has 1 amide bonds. The number of hydrogen-bond donors (Lipinski definition) is 1. The number of rotatable bonds is 5. The van der Waals surface area contributed by atoms with Gasteiger partial charge in [-0.2, -0.15) is 0 Å². The van der Waals surface area contributed by atoms with Crippen LogP contribution < -0.4 is 5.32 Å². The first-order valence-electron chi connectivity index (χ1n) is 7.61. The first-order valence-corrected chi connectivity index (χ1v) is 9.64. The second-order valence-electron chi connectivity index (χ2n) is 5.69. The molecule has 1 N–H and O–H groups in total. The molecule has 7 heteroatoms. The van der Waals surface area contributed by atoms with Gasteiger partial charge in [0.05, 0.1) is 10.9 Å². The molecule has 3 rings (SSSR count). The number of halogens is 1. The average molecular weight is 378 g/mol. The molecule has 2 aromatic carbocycles. The second kappa shape index (κ2) is 6.90. The molecule has 130 valence electrons. The average Bonchev–Trinajstić information content (AvgIpc) is 2.99. The van der Waals surface area contributed by atoms with Crippen molar-refractivity contribution >= 4 is 38.3 Å². The van der Waals surface area contributed by atoms with Crippen LogP contribution in [0, 0.1) is 0 Å². The maximum absolute atomic E-state index is 12.3. The van der Waals surface area contributed by atoms with Crippen LogP contribution >= 0.6 is 11.6 Å². The van der Waals surface area contributed by atoms with Gasteiger partial charge < -0.3 is 9.73 Å². The molecule has 5 nitrogen and oxygen atoms in total. The van der Waals surface area contributed by atoms with Crippen molar-refractivity contribution in [2.45, 2.75) is 17.9 Å². The maximum Gasteiger partial charge on any atom is 0.236 e. The number of fused-ring (bicyclic) bond motifs is 1. The lowest BCUT2D eigenvalue weighted by Gasteiger charge is -2.11. The van der Waals surface area contributed by atoms with Crippen LogP contribution in [0.2, 0.25) is 5.02 Å². The predicted octanol–water partition coefficient (Wildman–Crippen LogP) is 3.74. The summed E-state index contributed by atoms with van der Waals surface area (Å²) in [5.41, 5.74) is 0.715. The van der Waals surface area contributed by atoms with E-state index < -0.39 is 27.5 Å².